The SMILES string of the molecule is CCCC1Cc2c(sc3nc(SCC(=O)Nc4ccc(C)cc4)nc(N)c23)CO1. The third kappa shape index (κ3) is 4.55. The van der Waals surface area contributed by atoms with E-state index in [9.17, 15) is 4.79 Å². The first kappa shape index (κ1) is 20.1. The molecule has 1 unspecified atom stereocenters. The van der Waals surface area contributed by atoms with E-state index in [0.717, 1.165) is 40.7 Å². The smallest absolute Gasteiger partial charge is 0.234 e. The molecule has 8 heteroatoms. The minimum atomic E-state index is -0.0950. The molecule has 0 fully saturated rings. The summed E-state index contributed by atoms with van der Waals surface area (Å²) in [7, 11) is 0. The molecule has 0 bridgehead atoms. The molecule has 6 nitrogen and oxygen atoms in total. The number of nitrogens with two attached hydrogens (primary N) is 1. The number of hydrogen-bond acceptors (Lipinski definition) is 7. The molecule has 4 rings (SSSR count). The van der Waals surface area contributed by atoms with Gasteiger partial charge < -0.3 is 15.8 Å². The van der Waals surface area contributed by atoms with Crippen LogP contribution < -0.4 is 11.1 Å². The van der Waals surface area contributed by atoms with Crippen molar-refractivity contribution in [2.45, 2.75) is 51.0 Å². The molecule has 3 heterocycles. The number of amides is 1. The van der Waals surface area contributed by atoms with E-state index in [1.54, 1.807) is 11.3 Å². The van der Waals surface area contributed by atoms with E-state index in [0.29, 0.717) is 17.6 Å². The van der Waals surface area contributed by atoms with Gasteiger partial charge in [0, 0.05) is 17.0 Å². The quantitative estimate of drug-likeness (QED) is 0.442. The fourth-order valence-electron chi connectivity index (χ4n) is 3.46. The van der Waals surface area contributed by atoms with Gasteiger partial charge in [-0.1, -0.05) is 42.8 Å². The van der Waals surface area contributed by atoms with Crippen LogP contribution in [0.3, 0.4) is 0 Å². The number of nitrogens with one attached hydrogen (secondary N) is 1. The normalized spacial score (nSPS) is 16.0. The zero-order chi connectivity index (χ0) is 20.4. The van der Waals surface area contributed by atoms with Crippen molar-refractivity contribution in [2.75, 3.05) is 16.8 Å². The third-order valence-corrected chi connectivity index (χ3v) is 6.85. The molecule has 2 aromatic heterocycles. The predicted octanol–water partition coefficient (Wildman–Crippen LogP) is 4.55. The predicted molar refractivity (Wildman–Crippen MR) is 120 cm³/mol. The number of anilines is 2. The summed E-state index contributed by atoms with van der Waals surface area (Å²) >= 11 is 2.91. The molecular weight excluding hydrogens is 404 g/mol. The van der Waals surface area contributed by atoms with Crippen molar-refractivity contribution in [1.82, 2.24) is 9.97 Å². The summed E-state index contributed by atoms with van der Waals surface area (Å²) in [5, 5.41) is 4.37. The Morgan fingerprint density at radius 3 is 2.90 bits per heavy atom. The molecule has 0 spiro atoms. The molecule has 0 saturated carbocycles. The first-order valence-electron chi connectivity index (χ1n) is 9.72. The van der Waals surface area contributed by atoms with Crippen LogP contribution in [0.15, 0.2) is 29.4 Å². The van der Waals surface area contributed by atoms with Crippen LogP contribution in [-0.4, -0.2) is 27.7 Å². The highest BCUT2D eigenvalue weighted by molar-refractivity contribution is 7.99. The second kappa shape index (κ2) is 8.69. The molecule has 0 saturated heterocycles. The Bertz CT molecular complexity index is 1030. The molecule has 152 valence electrons. The van der Waals surface area contributed by atoms with Crippen molar-refractivity contribution in [2.24, 2.45) is 0 Å². The van der Waals surface area contributed by atoms with Crippen molar-refractivity contribution >= 4 is 50.7 Å². The largest absolute Gasteiger partial charge is 0.383 e. The minimum absolute atomic E-state index is 0.0950. The van der Waals surface area contributed by atoms with E-state index in [1.165, 1.54) is 22.2 Å². The molecule has 3 N–H and O–H groups in total. The Hall–Kier alpha value is -2.16. The minimum Gasteiger partial charge on any atom is -0.383 e. The van der Waals surface area contributed by atoms with Crippen LogP contribution in [0.25, 0.3) is 10.2 Å². The summed E-state index contributed by atoms with van der Waals surface area (Å²) in [5.41, 5.74) is 9.46. The number of carbonyl (C=O) groups excluding carboxylic acids is 1. The van der Waals surface area contributed by atoms with E-state index in [4.69, 9.17) is 10.5 Å². The van der Waals surface area contributed by atoms with Crippen molar-refractivity contribution in [3.05, 3.63) is 40.3 Å². The van der Waals surface area contributed by atoms with Crippen LogP contribution in [-0.2, 0) is 22.6 Å². The fraction of sp³-hybridized carbons (Fsp3) is 0.381. The number of rotatable bonds is 6. The number of hydrogen-bond donors (Lipinski definition) is 2. The monoisotopic (exact) mass is 428 g/mol. The highest BCUT2D eigenvalue weighted by atomic mass is 32.2. The van der Waals surface area contributed by atoms with Crippen LogP contribution >= 0.6 is 23.1 Å². The highest BCUT2D eigenvalue weighted by Crippen LogP contribution is 2.38. The maximum Gasteiger partial charge on any atom is 0.234 e. The van der Waals surface area contributed by atoms with Crippen LogP contribution in [0.1, 0.15) is 35.8 Å². The number of thiophene rings is 1. The molecule has 1 aliphatic heterocycles. The van der Waals surface area contributed by atoms with Gasteiger partial charge in [0.1, 0.15) is 10.6 Å². The lowest BCUT2D eigenvalue weighted by molar-refractivity contribution is -0.113. The number of aromatic nitrogens is 2. The number of nitrogen functional groups attached to an aromatic ring is 1. The lowest BCUT2D eigenvalue weighted by atomic mass is 10.0. The number of nitrogens with zero attached hydrogens (tertiary/aromatic N) is 2. The summed E-state index contributed by atoms with van der Waals surface area (Å²) < 4.78 is 5.95. The zero-order valence-electron chi connectivity index (χ0n) is 16.5. The van der Waals surface area contributed by atoms with Gasteiger partial charge in [0.15, 0.2) is 5.16 Å². The average Bonchev–Trinajstić information content (AvgIpc) is 3.07. The summed E-state index contributed by atoms with van der Waals surface area (Å²) in [6, 6.07) is 7.71. The highest BCUT2D eigenvalue weighted by Gasteiger charge is 2.25. The van der Waals surface area contributed by atoms with Crippen LogP contribution in [0.5, 0.6) is 0 Å². The summed E-state index contributed by atoms with van der Waals surface area (Å²) in [6.07, 6.45) is 3.24. The molecule has 0 aliphatic carbocycles. The Morgan fingerprint density at radius 1 is 1.34 bits per heavy atom. The van der Waals surface area contributed by atoms with Gasteiger partial charge in [0.2, 0.25) is 5.91 Å². The molecular formula is C21H24N4O2S2. The van der Waals surface area contributed by atoms with E-state index in [1.807, 2.05) is 31.2 Å². The van der Waals surface area contributed by atoms with Gasteiger partial charge in [-0.15, -0.1) is 11.3 Å². The van der Waals surface area contributed by atoms with Crippen molar-refractivity contribution in [3.8, 4) is 0 Å². The van der Waals surface area contributed by atoms with Gasteiger partial charge in [-0.05, 0) is 31.0 Å². The lowest BCUT2D eigenvalue weighted by Crippen LogP contribution is -2.21. The van der Waals surface area contributed by atoms with Gasteiger partial charge in [-0.2, -0.15) is 0 Å². The van der Waals surface area contributed by atoms with Gasteiger partial charge in [-0.3, -0.25) is 4.79 Å². The number of carbonyl (C=O) groups is 1. The third-order valence-electron chi connectivity index (χ3n) is 4.90. The molecule has 29 heavy (non-hydrogen) atoms. The number of aryl methyl sites for hydroxylation is 1. The Morgan fingerprint density at radius 2 is 2.14 bits per heavy atom. The molecule has 1 amide bonds. The maximum absolute atomic E-state index is 12.2. The number of thioether (sulfide) groups is 1. The average molecular weight is 429 g/mol. The molecule has 0 radical (unpaired) electrons. The number of benzene rings is 1. The topological polar surface area (TPSA) is 90.1 Å². The van der Waals surface area contributed by atoms with Gasteiger partial charge in [0.05, 0.1) is 23.8 Å². The van der Waals surface area contributed by atoms with Crippen LogP contribution in [0.2, 0.25) is 0 Å². The number of ether oxygens (including phenoxy) is 1. The molecule has 1 aromatic carbocycles. The Labute approximate surface area is 178 Å². The lowest BCUT2D eigenvalue weighted by Gasteiger charge is -2.22. The second-order valence-electron chi connectivity index (χ2n) is 7.20. The first-order valence-corrected chi connectivity index (χ1v) is 11.5. The second-order valence-corrected chi connectivity index (χ2v) is 9.23. The Balaban J connectivity index is 1.46. The standard InChI is InChI=1S/C21H24N4O2S2/c1-3-4-14-9-15-16(10-27-14)29-20-18(15)19(22)24-21(25-20)28-11-17(26)23-13-7-5-12(2)6-8-13/h5-8,14H,3-4,9-11H2,1-2H3,(H,23,26)(H2,22,24,25). The zero-order valence-corrected chi connectivity index (χ0v) is 18.2. The van der Waals surface area contributed by atoms with E-state index < -0.39 is 0 Å². The summed E-state index contributed by atoms with van der Waals surface area (Å²) in [4.78, 5) is 23.4. The first-order chi connectivity index (χ1) is 14.0. The fourth-order valence-corrected chi connectivity index (χ4v) is 5.30. The van der Waals surface area contributed by atoms with Gasteiger partial charge in [0.25, 0.3) is 0 Å². The van der Waals surface area contributed by atoms with Crippen molar-refractivity contribution < 1.29 is 9.53 Å². The van der Waals surface area contributed by atoms with Crippen LogP contribution in [0.4, 0.5) is 11.5 Å². The number of fused-ring (bicyclic) bond motifs is 3. The Kier molecular flexibility index (Phi) is 6.03. The van der Waals surface area contributed by atoms with E-state index in [2.05, 4.69) is 22.2 Å². The van der Waals surface area contributed by atoms with E-state index in [-0.39, 0.29) is 17.8 Å². The molecule has 3 aromatic rings. The summed E-state index contributed by atoms with van der Waals surface area (Å²) in [6.45, 7) is 4.79. The maximum atomic E-state index is 12.2. The van der Waals surface area contributed by atoms with Gasteiger partial charge in [-0.25, -0.2) is 9.97 Å². The van der Waals surface area contributed by atoms with E-state index >= 15 is 0 Å². The van der Waals surface area contributed by atoms with Crippen molar-refractivity contribution in [3.63, 3.8) is 0 Å². The van der Waals surface area contributed by atoms with Crippen molar-refractivity contribution in [1.29, 1.82) is 0 Å². The summed E-state index contributed by atoms with van der Waals surface area (Å²) in [5.74, 6) is 0.625. The molecule has 1 atom stereocenters. The van der Waals surface area contributed by atoms with Crippen LogP contribution in [0, 0.1) is 6.92 Å². The molecule has 1 aliphatic rings. The van der Waals surface area contributed by atoms with Gasteiger partial charge >= 0.3 is 0 Å².